The lowest BCUT2D eigenvalue weighted by molar-refractivity contribution is -0.135. The number of hydrogen-bond donors (Lipinski definition) is 1. The van der Waals surface area contributed by atoms with Crippen molar-refractivity contribution in [2.45, 2.75) is 45.4 Å². The van der Waals surface area contributed by atoms with Crippen LogP contribution in [0.15, 0.2) is 18.2 Å². The van der Waals surface area contributed by atoms with Gasteiger partial charge in [0, 0.05) is 31.8 Å². The number of amides is 1. The normalized spacial score (nSPS) is 24.4. The van der Waals surface area contributed by atoms with Crippen molar-refractivity contribution >= 4 is 11.6 Å². The number of anilines is 1. The van der Waals surface area contributed by atoms with Crippen LogP contribution in [0.5, 0.6) is 0 Å². The molecule has 0 atom stereocenters. The monoisotopic (exact) mass is 274 g/mol. The van der Waals surface area contributed by atoms with E-state index in [9.17, 15) is 4.79 Å². The molecule has 0 aromatic heterocycles. The number of fused-ring (bicyclic) bond motifs is 1. The molecular weight excluding hydrogens is 252 g/mol. The molecule has 1 aromatic carbocycles. The van der Waals surface area contributed by atoms with E-state index in [4.69, 9.17) is 10.5 Å². The topological polar surface area (TPSA) is 55.6 Å². The molecule has 20 heavy (non-hydrogen) atoms. The molecule has 0 saturated heterocycles. The molecule has 2 N–H and O–H groups in total. The molecule has 3 rings (SSSR count). The minimum Gasteiger partial charge on any atom is -0.399 e. The van der Waals surface area contributed by atoms with E-state index in [-0.39, 0.29) is 5.91 Å². The molecule has 4 heteroatoms. The molecule has 1 aliphatic carbocycles. The summed E-state index contributed by atoms with van der Waals surface area (Å²) < 4.78 is 5.54. The van der Waals surface area contributed by atoms with Crippen LogP contribution in [-0.4, -0.2) is 23.5 Å². The summed E-state index contributed by atoms with van der Waals surface area (Å²) in [7, 11) is 0. The Hall–Kier alpha value is -1.55. The zero-order valence-corrected chi connectivity index (χ0v) is 12.0. The van der Waals surface area contributed by atoms with Gasteiger partial charge < -0.3 is 15.4 Å². The lowest BCUT2D eigenvalue weighted by atomic mass is 9.80. The Balaban J connectivity index is 1.51. The van der Waals surface area contributed by atoms with Gasteiger partial charge in [0.25, 0.3) is 0 Å². The van der Waals surface area contributed by atoms with E-state index >= 15 is 0 Å². The van der Waals surface area contributed by atoms with Gasteiger partial charge in [-0.15, -0.1) is 0 Å². The van der Waals surface area contributed by atoms with Gasteiger partial charge in [0.1, 0.15) is 0 Å². The molecule has 0 unspecified atom stereocenters. The highest BCUT2D eigenvalue weighted by Crippen LogP contribution is 2.34. The van der Waals surface area contributed by atoms with Gasteiger partial charge in [-0.2, -0.15) is 0 Å². The first-order valence-electron chi connectivity index (χ1n) is 7.42. The van der Waals surface area contributed by atoms with E-state index in [1.54, 1.807) is 0 Å². The molecule has 2 aliphatic rings. The van der Waals surface area contributed by atoms with E-state index < -0.39 is 0 Å². The molecule has 1 amide bonds. The molecule has 1 aromatic rings. The highest BCUT2D eigenvalue weighted by atomic mass is 16.5. The summed E-state index contributed by atoms with van der Waals surface area (Å²) in [4.78, 5) is 14.3. The zero-order valence-electron chi connectivity index (χ0n) is 12.0. The number of carbonyl (C=O) groups excluding carboxylic acids is 1. The van der Waals surface area contributed by atoms with Gasteiger partial charge in [-0.1, -0.05) is 6.07 Å². The van der Waals surface area contributed by atoms with Gasteiger partial charge >= 0.3 is 0 Å². The number of hydrogen-bond acceptors (Lipinski definition) is 3. The summed E-state index contributed by atoms with van der Waals surface area (Å²) in [5, 5.41) is 0. The van der Waals surface area contributed by atoms with Crippen LogP contribution in [0.3, 0.4) is 0 Å². The fourth-order valence-corrected chi connectivity index (χ4v) is 3.18. The summed E-state index contributed by atoms with van der Waals surface area (Å²) in [5.74, 6) is 0.771. The summed E-state index contributed by atoms with van der Waals surface area (Å²) in [6.45, 7) is 4.23. The van der Waals surface area contributed by atoms with Crippen LogP contribution in [0.2, 0.25) is 0 Å². The van der Waals surface area contributed by atoms with Gasteiger partial charge in [0.2, 0.25) is 5.91 Å². The predicted octanol–water partition coefficient (Wildman–Crippen LogP) is 2.32. The lowest BCUT2D eigenvalue weighted by Crippen LogP contribution is -2.36. The summed E-state index contributed by atoms with van der Waals surface area (Å²) >= 11 is 0. The Morgan fingerprint density at radius 2 is 2.10 bits per heavy atom. The molecule has 1 heterocycles. The maximum Gasteiger partial charge on any atom is 0.223 e. The van der Waals surface area contributed by atoms with Gasteiger partial charge in [0.15, 0.2) is 0 Å². The number of carbonyl (C=O) groups is 1. The molecule has 0 radical (unpaired) electrons. The van der Waals surface area contributed by atoms with Gasteiger partial charge in [-0.3, -0.25) is 4.79 Å². The molecule has 0 bridgehead atoms. The molecule has 108 valence electrons. The van der Waals surface area contributed by atoms with Crippen LogP contribution in [0.25, 0.3) is 0 Å². The number of benzene rings is 1. The Kier molecular flexibility index (Phi) is 3.66. The van der Waals surface area contributed by atoms with E-state index in [1.165, 1.54) is 11.1 Å². The van der Waals surface area contributed by atoms with Crippen molar-refractivity contribution in [1.29, 1.82) is 0 Å². The average Bonchev–Trinajstić information content (AvgIpc) is 2.79. The van der Waals surface area contributed by atoms with Crippen LogP contribution in [-0.2, 0) is 22.6 Å². The molecule has 1 fully saturated rings. The summed E-state index contributed by atoms with van der Waals surface area (Å²) in [5.41, 5.74) is 8.99. The van der Waals surface area contributed by atoms with Crippen LogP contribution in [0.1, 0.15) is 37.3 Å². The first-order valence-corrected chi connectivity index (χ1v) is 7.42. The average molecular weight is 274 g/mol. The van der Waals surface area contributed by atoms with Crippen LogP contribution >= 0.6 is 0 Å². The largest absolute Gasteiger partial charge is 0.399 e. The van der Waals surface area contributed by atoms with Crippen molar-refractivity contribution in [2.24, 2.45) is 5.92 Å². The van der Waals surface area contributed by atoms with E-state index in [0.717, 1.165) is 31.7 Å². The molecule has 1 aliphatic heterocycles. The number of rotatable bonds is 4. The van der Waals surface area contributed by atoms with E-state index in [2.05, 4.69) is 0 Å². The number of ether oxygens (including phenoxy) is 1. The Morgan fingerprint density at radius 3 is 2.85 bits per heavy atom. The van der Waals surface area contributed by atoms with Crippen molar-refractivity contribution in [1.82, 2.24) is 4.90 Å². The van der Waals surface area contributed by atoms with Crippen molar-refractivity contribution in [3.8, 4) is 0 Å². The Labute approximate surface area is 119 Å². The van der Waals surface area contributed by atoms with Crippen LogP contribution in [0, 0.1) is 5.92 Å². The number of nitrogens with two attached hydrogens (primary N) is 1. The van der Waals surface area contributed by atoms with Crippen molar-refractivity contribution in [3.05, 3.63) is 29.3 Å². The third-order valence-corrected chi connectivity index (χ3v) is 4.36. The molecule has 1 saturated carbocycles. The fourth-order valence-electron chi connectivity index (χ4n) is 3.18. The van der Waals surface area contributed by atoms with Crippen molar-refractivity contribution < 1.29 is 9.53 Å². The summed E-state index contributed by atoms with van der Waals surface area (Å²) in [6.07, 6.45) is 3.11. The van der Waals surface area contributed by atoms with Crippen LogP contribution < -0.4 is 5.73 Å². The predicted molar refractivity (Wildman–Crippen MR) is 77.9 cm³/mol. The van der Waals surface area contributed by atoms with Crippen molar-refractivity contribution in [3.63, 3.8) is 0 Å². The second-order valence-electron chi connectivity index (χ2n) is 5.90. The molecular formula is C16H22N2O2. The minimum absolute atomic E-state index is 0.264. The number of nitrogens with zero attached hydrogens (tertiary/aromatic N) is 1. The van der Waals surface area contributed by atoms with Crippen LogP contribution in [0.4, 0.5) is 5.69 Å². The fraction of sp³-hybridized carbons (Fsp3) is 0.562. The third-order valence-electron chi connectivity index (χ3n) is 4.36. The third kappa shape index (κ3) is 2.66. The minimum atomic E-state index is 0.264. The first-order chi connectivity index (χ1) is 9.65. The zero-order chi connectivity index (χ0) is 14.1. The Bertz CT molecular complexity index is 509. The Morgan fingerprint density at radius 1 is 1.35 bits per heavy atom. The summed E-state index contributed by atoms with van der Waals surface area (Å²) in [6, 6.07) is 5.93. The highest BCUT2D eigenvalue weighted by Gasteiger charge is 2.33. The van der Waals surface area contributed by atoms with Crippen molar-refractivity contribution in [2.75, 3.05) is 12.3 Å². The standard InChI is InChI=1S/C16H22N2O2/c1-2-20-15-5-11(6-15)7-16(19)18-9-12-3-4-14(17)8-13(12)10-18/h3-4,8,11,15H,2,5-7,9-10,17H2,1H3. The highest BCUT2D eigenvalue weighted by molar-refractivity contribution is 5.77. The smallest absolute Gasteiger partial charge is 0.223 e. The van der Waals surface area contributed by atoms with Gasteiger partial charge in [0.05, 0.1) is 6.10 Å². The number of nitrogen functional groups attached to an aromatic ring is 1. The van der Waals surface area contributed by atoms with E-state index in [0.29, 0.717) is 25.0 Å². The SMILES string of the molecule is CCOC1CC(CC(=O)N2Cc3ccc(N)cc3C2)C1. The maximum atomic E-state index is 12.3. The van der Waals surface area contributed by atoms with E-state index in [1.807, 2.05) is 30.0 Å². The lowest BCUT2D eigenvalue weighted by Gasteiger charge is -2.35. The van der Waals surface area contributed by atoms with Gasteiger partial charge in [-0.25, -0.2) is 0 Å². The second kappa shape index (κ2) is 5.44. The van der Waals surface area contributed by atoms with Gasteiger partial charge in [-0.05, 0) is 48.9 Å². The first kappa shape index (κ1) is 13.4. The second-order valence-corrected chi connectivity index (χ2v) is 5.90. The molecule has 0 spiro atoms. The maximum absolute atomic E-state index is 12.3. The quantitative estimate of drug-likeness (QED) is 0.857. The molecule has 4 nitrogen and oxygen atoms in total.